The van der Waals surface area contributed by atoms with E-state index in [0.717, 1.165) is 29.8 Å². The highest BCUT2D eigenvalue weighted by Crippen LogP contribution is 2.36. The molecular weight excluding hydrogens is 416 g/mol. The fourth-order valence-electron chi connectivity index (χ4n) is 3.21. The van der Waals surface area contributed by atoms with Crippen LogP contribution >= 0.6 is 22.9 Å². The molecule has 0 saturated carbocycles. The zero-order chi connectivity index (χ0) is 21.2. The highest BCUT2D eigenvalue weighted by Gasteiger charge is 2.33. The summed E-state index contributed by atoms with van der Waals surface area (Å²) in [5, 5.41) is 2.49. The number of ether oxygens (including phenoxy) is 2. The number of nitroso groups, excluding NO2 is 1. The van der Waals surface area contributed by atoms with Crippen LogP contribution in [0.25, 0.3) is 10.7 Å². The second kappa shape index (κ2) is 8.73. The molecule has 3 rings (SSSR count). The lowest BCUT2D eigenvalue weighted by Crippen LogP contribution is -2.37. The Kier molecular flexibility index (Phi) is 6.50. The zero-order valence-corrected chi connectivity index (χ0v) is 18.3. The van der Waals surface area contributed by atoms with Crippen molar-refractivity contribution in [2.24, 2.45) is 5.18 Å². The van der Waals surface area contributed by atoms with Gasteiger partial charge in [0.2, 0.25) is 5.88 Å². The van der Waals surface area contributed by atoms with Crippen molar-refractivity contribution in [2.75, 3.05) is 25.2 Å². The number of halogens is 1. The normalized spacial score (nSPS) is 16.9. The SMILES string of the molecule is COC[C@@H]1CCCN1c1cc(OC(C)(C)C(=O)N=O)nc(-c2cc(C)c(Cl)s2)n1. The van der Waals surface area contributed by atoms with Crippen molar-refractivity contribution >= 4 is 34.7 Å². The number of aryl methyl sites for hydroxylation is 1. The van der Waals surface area contributed by atoms with Gasteiger partial charge < -0.3 is 14.4 Å². The molecule has 8 nitrogen and oxygen atoms in total. The molecule has 3 heterocycles. The molecule has 0 aromatic carbocycles. The monoisotopic (exact) mass is 438 g/mol. The van der Waals surface area contributed by atoms with Crippen molar-refractivity contribution in [1.29, 1.82) is 0 Å². The van der Waals surface area contributed by atoms with Crippen LogP contribution in [-0.4, -0.2) is 47.8 Å². The fraction of sp³-hybridized carbons (Fsp3) is 0.526. The van der Waals surface area contributed by atoms with Crippen molar-refractivity contribution in [2.45, 2.75) is 45.3 Å². The molecule has 1 aliphatic heterocycles. The molecule has 0 unspecified atom stereocenters. The largest absolute Gasteiger partial charge is 0.461 e. The molecule has 1 fully saturated rings. The lowest BCUT2D eigenvalue weighted by atomic mass is 10.1. The topological polar surface area (TPSA) is 94.0 Å². The predicted octanol–water partition coefficient (Wildman–Crippen LogP) is 4.23. The first-order valence-corrected chi connectivity index (χ1v) is 10.4. The summed E-state index contributed by atoms with van der Waals surface area (Å²) < 4.78 is 11.8. The van der Waals surface area contributed by atoms with Gasteiger partial charge in [0.05, 0.1) is 21.9 Å². The number of nitrogens with zero attached hydrogens (tertiary/aromatic N) is 4. The molecule has 2 aromatic rings. The van der Waals surface area contributed by atoms with E-state index in [2.05, 4.69) is 15.1 Å². The average molecular weight is 439 g/mol. The first-order chi connectivity index (χ1) is 13.7. The number of carbonyl (C=O) groups is 1. The van der Waals surface area contributed by atoms with Gasteiger partial charge >= 0.3 is 5.91 Å². The average Bonchev–Trinajstić information content (AvgIpc) is 3.27. The van der Waals surface area contributed by atoms with E-state index in [1.165, 1.54) is 25.2 Å². The van der Waals surface area contributed by atoms with Gasteiger partial charge in [-0.2, -0.15) is 4.98 Å². The Morgan fingerprint density at radius 3 is 2.79 bits per heavy atom. The summed E-state index contributed by atoms with van der Waals surface area (Å²) in [6.45, 7) is 6.28. The van der Waals surface area contributed by atoms with Gasteiger partial charge in [0, 0.05) is 24.9 Å². The summed E-state index contributed by atoms with van der Waals surface area (Å²) in [6, 6.07) is 3.78. The quantitative estimate of drug-likeness (QED) is 0.597. The highest BCUT2D eigenvalue weighted by molar-refractivity contribution is 7.19. The van der Waals surface area contributed by atoms with Crippen molar-refractivity contribution in [3.8, 4) is 16.6 Å². The van der Waals surface area contributed by atoms with Gasteiger partial charge in [-0.3, -0.25) is 4.79 Å². The summed E-state index contributed by atoms with van der Waals surface area (Å²) in [5.74, 6) is 0.404. The minimum atomic E-state index is -1.44. The molecule has 156 valence electrons. The Labute approximate surface area is 178 Å². The number of hydrogen-bond acceptors (Lipinski definition) is 8. The third-order valence-electron chi connectivity index (χ3n) is 4.75. The van der Waals surface area contributed by atoms with Crippen molar-refractivity contribution in [1.82, 2.24) is 9.97 Å². The zero-order valence-electron chi connectivity index (χ0n) is 16.8. The predicted molar refractivity (Wildman–Crippen MR) is 113 cm³/mol. The van der Waals surface area contributed by atoms with Gasteiger partial charge in [-0.1, -0.05) is 11.6 Å². The van der Waals surface area contributed by atoms with Gasteiger partial charge in [0.15, 0.2) is 11.4 Å². The smallest absolute Gasteiger partial charge is 0.329 e. The van der Waals surface area contributed by atoms with Gasteiger partial charge in [-0.15, -0.1) is 16.2 Å². The highest BCUT2D eigenvalue weighted by atomic mass is 35.5. The second-order valence-electron chi connectivity index (χ2n) is 7.41. The van der Waals surface area contributed by atoms with Crippen LogP contribution in [0.3, 0.4) is 0 Å². The molecule has 0 bridgehead atoms. The van der Waals surface area contributed by atoms with E-state index in [0.29, 0.717) is 22.6 Å². The maximum atomic E-state index is 11.8. The van der Waals surface area contributed by atoms with E-state index in [9.17, 15) is 9.70 Å². The van der Waals surface area contributed by atoms with Crippen LogP contribution in [0.4, 0.5) is 5.82 Å². The molecule has 0 N–H and O–H groups in total. The van der Waals surface area contributed by atoms with Gasteiger partial charge in [-0.05, 0) is 45.2 Å². The maximum absolute atomic E-state index is 11.8. The first-order valence-electron chi connectivity index (χ1n) is 9.23. The van der Waals surface area contributed by atoms with E-state index < -0.39 is 11.5 Å². The van der Waals surface area contributed by atoms with E-state index in [4.69, 9.17) is 26.1 Å². The summed E-state index contributed by atoms with van der Waals surface area (Å²) in [7, 11) is 1.67. The standard InChI is InChI=1S/C19H23ClN4O4S/c1-11-8-13(29-16(11)20)17-21-14(24-7-5-6-12(24)10-27-4)9-15(22-17)28-19(2,3)18(25)23-26/h8-9,12H,5-7,10H2,1-4H3/t12-/m0/s1. The number of anilines is 1. The second-order valence-corrected chi connectivity index (χ2v) is 9.06. The van der Waals surface area contributed by atoms with E-state index in [1.807, 2.05) is 13.0 Å². The number of thiophene rings is 1. The van der Waals surface area contributed by atoms with Crippen LogP contribution in [0.2, 0.25) is 4.34 Å². The number of carbonyl (C=O) groups excluding carboxylic acids is 1. The summed E-state index contributed by atoms with van der Waals surface area (Å²) in [5.41, 5.74) is -0.507. The molecule has 1 atom stereocenters. The molecule has 0 radical (unpaired) electrons. The lowest BCUT2D eigenvalue weighted by Gasteiger charge is -2.27. The van der Waals surface area contributed by atoms with Crippen LogP contribution in [-0.2, 0) is 9.53 Å². The molecular formula is C19H23ClN4O4S. The summed E-state index contributed by atoms with van der Waals surface area (Å²) in [4.78, 5) is 34.7. The van der Waals surface area contributed by atoms with Crippen LogP contribution < -0.4 is 9.64 Å². The van der Waals surface area contributed by atoms with E-state index >= 15 is 0 Å². The third kappa shape index (κ3) is 4.73. The number of hydrogen-bond donors (Lipinski definition) is 0. The summed E-state index contributed by atoms with van der Waals surface area (Å²) in [6.07, 6.45) is 2.01. The molecule has 10 heteroatoms. The molecule has 29 heavy (non-hydrogen) atoms. The van der Waals surface area contributed by atoms with Gasteiger partial charge in [0.1, 0.15) is 5.82 Å². The number of rotatable bonds is 7. The maximum Gasteiger partial charge on any atom is 0.329 e. The summed E-state index contributed by atoms with van der Waals surface area (Å²) >= 11 is 7.60. The van der Waals surface area contributed by atoms with Crippen LogP contribution in [0.1, 0.15) is 32.3 Å². The molecule has 1 amide bonds. The number of amides is 1. The number of methoxy groups -OCH3 is 1. The molecule has 1 saturated heterocycles. The lowest BCUT2D eigenvalue weighted by molar-refractivity contribution is -0.130. The van der Waals surface area contributed by atoms with E-state index in [1.54, 1.807) is 13.2 Å². The molecule has 1 aliphatic rings. The van der Waals surface area contributed by atoms with E-state index in [-0.39, 0.29) is 11.9 Å². The minimum Gasteiger partial charge on any atom is -0.461 e. The Hall–Kier alpha value is -2.10. The van der Waals surface area contributed by atoms with Crippen LogP contribution in [0, 0.1) is 11.8 Å². The van der Waals surface area contributed by atoms with Crippen molar-refractivity contribution in [3.05, 3.63) is 26.9 Å². The van der Waals surface area contributed by atoms with Crippen LogP contribution in [0.5, 0.6) is 5.88 Å². The minimum absolute atomic E-state index is 0.190. The van der Waals surface area contributed by atoms with Crippen LogP contribution in [0.15, 0.2) is 17.3 Å². The van der Waals surface area contributed by atoms with Crippen molar-refractivity contribution in [3.63, 3.8) is 0 Å². The van der Waals surface area contributed by atoms with Gasteiger partial charge in [0.25, 0.3) is 0 Å². The van der Waals surface area contributed by atoms with Crippen molar-refractivity contribution < 1.29 is 14.3 Å². The molecule has 2 aromatic heterocycles. The number of aromatic nitrogens is 2. The Morgan fingerprint density at radius 1 is 1.41 bits per heavy atom. The first kappa shape index (κ1) is 21.6. The Morgan fingerprint density at radius 2 is 2.17 bits per heavy atom. The molecule has 0 aliphatic carbocycles. The molecule has 0 spiro atoms. The Balaban J connectivity index is 2.04. The third-order valence-corrected chi connectivity index (χ3v) is 6.31. The Bertz CT molecular complexity index is 898. The fourth-order valence-corrected chi connectivity index (χ4v) is 4.35. The van der Waals surface area contributed by atoms with Gasteiger partial charge in [-0.25, -0.2) is 4.98 Å².